The Morgan fingerprint density at radius 3 is 2.58 bits per heavy atom. The van der Waals surface area contributed by atoms with Crippen LogP contribution in [-0.4, -0.2) is 39.6 Å². The van der Waals surface area contributed by atoms with Crippen LogP contribution in [-0.2, 0) is 0 Å². The Bertz CT molecular complexity index is 471. The monoisotopic (exact) mass is 302 g/mol. The van der Waals surface area contributed by atoms with E-state index in [1.807, 2.05) is 0 Å². The van der Waals surface area contributed by atoms with Crippen LogP contribution in [0.4, 0.5) is 0 Å². The van der Waals surface area contributed by atoms with E-state index in [0.717, 1.165) is 6.42 Å². The molecule has 1 saturated heterocycles. The van der Waals surface area contributed by atoms with Crippen molar-refractivity contribution in [2.24, 2.45) is 0 Å². The van der Waals surface area contributed by atoms with Gasteiger partial charge in [-0.25, -0.2) is 4.98 Å². The molecule has 1 fully saturated rings. The molecule has 104 valence electrons. The van der Waals surface area contributed by atoms with Crippen LogP contribution in [0.25, 0.3) is 0 Å². The third-order valence-corrected chi connectivity index (χ3v) is 3.75. The lowest BCUT2D eigenvalue weighted by Crippen LogP contribution is -2.33. The summed E-state index contributed by atoms with van der Waals surface area (Å²) in [5.41, 5.74) is -0.255. The molecule has 1 aliphatic heterocycles. The lowest BCUT2D eigenvalue weighted by atomic mass is 9.98. The summed E-state index contributed by atoms with van der Waals surface area (Å²) >= 11 is 11.6. The molecule has 1 N–H and O–H groups in total. The van der Waals surface area contributed by atoms with E-state index in [9.17, 15) is 9.90 Å². The van der Waals surface area contributed by atoms with Gasteiger partial charge in [-0.05, 0) is 38.3 Å². The molecule has 0 spiro atoms. The first-order chi connectivity index (χ1) is 8.87. The average Bonchev–Trinajstić information content (AvgIpc) is 2.48. The number of hydrogen-bond acceptors (Lipinski definition) is 3. The number of carbonyl (C=O) groups excluding carboxylic acids is 1. The molecule has 2 rings (SSSR count). The van der Waals surface area contributed by atoms with Gasteiger partial charge >= 0.3 is 0 Å². The zero-order valence-corrected chi connectivity index (χ0v) is 12.2. The average molecular weight is 303 g/mol. The van der Waals surface area contributed by atoms with Crippen molar-refractivity contribution in [2.45, 2.75) is 31.8 Å². The Kier molecular flexibility index (Phi) is 4.33. The first-order valence-electron chi connectivity index (χ1n) is 6.22. The third-order valence-electron chi connectivity index (χ3n) is 3.36. The van der Waals surface area contributed by atoms with Crippen LogP contribution >= 0.6 is 23.2 Å². The van der Waals surface area contributed by atoms with Gasteiger partial charge in [-0.15, -0.1) is 0 Å². The maximum absolute atomic E-state index is 12.4. The van der Waals surface area contributed by atoms with Gasteiger partial charge in [0.2, 0.25) is 0 Å². The van der Waals surface area contributed by atoms with E-state index in [1.165, 1.54) is 12.1 Å². The molecule has 4 nitrogen and oxygen atoms in total. The second-order valence-corrected chi connectivity index (χ2v) is 5.92. The highest BCUT2D eigenvalue weighted by Gasteiger charge is 2.27. The van der Waals surface area contributed by atoms with Crippen LogP contribution in [0, 0.1) is 0 Å². The fourth-order valence-corrected chi connectivity index (χ4v) is 2.70. The van der Waals surface area contributed by atoms with Crippen molar-refractivity contribution in [1.29, 1.82) is 0 Å². The van der Waals surface area contributed by atoms with Gasteiger partial charge in [0.25, 0.3) is 5.91 Å². The van der Waals surface area contributed by atoms with Crippen molar-refractivity contribution >= 4 is 29.1 Å². The van der Waals surface area contributed by atoms with E-state index in [4.69, 9.17) is 23.2 Å². The van der Waals surface area contributed by atoms with Gasteiger partial charge in [0.15, 0.2) is 0 Å². The minimum Gasteiger partial charge on any atom is -0.390 e. The van der Waals surface area contributed by atoms with Crippen LogP contribution in [0.5, 0.6) is 0 Å². The first-order valence-corrected chi connectivity index (χ1v) is 6.98. The first kappa shape index (κ1) is 14.6. The number of pyridine rings is 1. The minimum atomic E-state index is -0.692. The lowest BCUT2D eigenvalue weighted by Gasteiger charge is -2.22. The fourth-order valence-electron chi connectivity index (χ4n) is 2.24. The number of hydrogen-bond donors (Lipinski definition) is 1. The van der Waals surface area contributed by atoms with Crippen molar-refractivity contribution in [3.05, 3.63) is 28.0 Å². The molecule has 0 radical (unpaired) electrons. The lowest BCUT2D eigenvalue weighted by molar-refractivity contribution is 0.0438. The van der Waals surface area contributed by atoms with Crippen LogP contribution in [0.15, 0.2) is 12.1 Å². The van der Waals surface area contributed by atoms with Crippen molar-refractivity contribution < 1.29 is 9.90 Å². The summed E-state index contributed by atoms with van der Waals surface area (Å²) in [5.74, 6) is -0.121. The SMILES string of the molecule is CC1(O)CCCN(C(=O)c2cc(Cl)nc(Cl)c2)CC1. The highest BCUT2D eigenvalue weighted by Crippen LogP contribution is 2.23. The number of rotatable bonds is 1. The fraction of sp³-hybridized carbons (Fsp3) is 0.538. The molecule has 2 heterocycles. The quantitative estimate of drug-likeness (QED) is 0.812. The Hall–Kier alpha value is -0.840. The number of halogens is 2. The van der Waals surface area contributed by atoms with Crippen molar-refractivity contribution in [2.75, 3.05) is 13.1 Å². The molecule has 1 atom stereocenters. The Labute approximate surface area is 122 Å². The molecule has 6 heteroatoms. The third kappa shape index (κ3) is 3.81. The second kappa shape index (κ2) is 5.65. The molecular weight excluding hydrogens is 287 g/mol. The van der Waals surface area contributed by atoms with E-state index >= 15 is 0 Å². The van der Waals surface area contributed by atoms with Crippen LogP contribution in [0.3, 0.4) is 0 Å². The topological polar surface area (TPSA) is 53.4 Å². The number of amides is 1. The molecule has 1 amide bonds. The van der Waals surface area contributed by atoms with Gasteiger partial charge in [0.05, 0.1) is 5.60 Å². The summed E-state index contributed by atoms with van der Waals surface area (Å²) < 4.78 is 0. The van der Waals surface area contributed by atoms with E-state index < -0.39 is 5.60 Å². The van der Waals surface area contributed by atoms with Gasteiger partial charge in [-0.3, -0.25) is 4.79 Å². The summed E-state index contributed by atoms with van der Waals surface area (Å²) in [6.45, 7) is 2.97. The molecule has 1 aromatic heterocycles. The number of carbonyl (C=O) groups is 1. The number of aliphatic hydroxyl groups is 1. The predicted molar refractivity (Wildman–Crippen MR) is 74.6 cm³/mol. The summed E-state index contributed by atoms with van der Waals surface area (Å²) in [6, 6.07) is 3.03. The Morgan fingerprint density at radius 1 is 1.32 bits per heavy atom. The highest BCUT2D eigenvalue weighted by atomic mass is 35.5. The Balaban J connectivity index is 2.15. The second-order valence-electron chi connectivity index (χ2n) is 5.14. The maximum atomic E-state index is 12.4. The normalized spacial score (nSPS) is 24.1. The van der Waals surface area contributed by atoms with E-state index in [2.05, 4.69) is 4.98 Å². The summed E-state index contributed by atoms with van der Waals surface area (Å²) in [5, 5.41) is 10.4. The number of aromatic nitrogens is 1. The van der Waals surface area contributed by atoms with Gasteiger partial charge in [0.1, 0.15) is 10.3 Å². The van der Waals surface area contributed by atoms with Gasteiger partial charge in [-0.1, -0.05) is 23.2 Å². The zero-order valence-electron chi connectivity index (χ0n) is 10.7. The Morgan fingerprint density at radius 2 is 1.95 bits per heavy atom. The van der Waals surface area contributed by atoms with E-state index in [0.29, 0.717) is 31.5 Å². The molecule has 0 bridgehead atoms. The molecule has 1 unspecified atom stereocenters. The van der Waals surface area contributed by atoms with Crippen LogP contribution in [0.2, 0.25) is 10.3 Å². The number of likely N-dealkylation sites (tertiary alicyclic amines) is 1. The molecule has 1 aromatic rings. The summed E-state index contributed by atoms with van der Waals surface area (Å²) in [6.07, 6.45) is 2.06. The molecule has 1 aliphatic rings. The van der Waals surface area contributed by atoms with Crippen LogP contribution < -0.4 is 0 Å². The van der Waals surface area contributed by atoms with Crippen molar-refractivity contribution in [3.63, 3.8) is 0 Å². The van der Waals surface area contributed by atoms with Gasteiger partial charge < -0.3 is 10.0 Å². The van der Waals surface area contributed by atoms with E-state index in [1.54, 1.807) is 11.8 Å². The largest absolute Gasteiger partial charge is 0.390 e. The maximum Gasteiger partial charge on any atom is 0.254 e. The van der Waals surface area contributed by atoms with Crippen molar-refractivity contribution in [1.82, 2.24) is 9.88 Å². The molecule has 19 heavy (non-hydrogen) atoms. The number of nitrogens with zero attached hydrogens (tertiary/aromatic N) is 2. The van der Waals surface area contributed by atoms with Crippen LogP contribution in [0.1, 0.15) is 36.5 Å². The molecular formula is C13H16Cl2N2O2. The molecule has 0 aliphatic carbocycles. The highest BCUT2D eigenvalue weighted by molar-refractivity contribution is 6.33. The van der Waals surface area contributed by atoms with Crippen molar-refractivity contribution in [3.8, 4) is 0 Å². The van der Waals surface area contributed by atoms with Gasteiger partial charge in [0, 0.05) is 18.7 Å². The van der Waals surface area contributed by atoms with Gasteiger partial charge in [-0.2, -0.15) is 0 Å². The predicted octanol–water partition coefficient (Wildman–Crippen LogP) is 2.77. The molecule has 0 aromatic carbocycles. The van der Waals surface area contributed by atoms with E-state index in [-0.39, 0.29) is 16.2 Å². The minimum absolute atomic E-state index is 0.121. The molecule has 0 saturated carbocycles. The summed E-state index contributed by atoms with van der Waals surface area (Å²) in [7, 11) is 0. The zero-order chi connectivity index (χ0) is 14.0. The standard InChI is InChI=1S/C13H16Cl2N2O2/c1-13(19)3-2-5-17(6-4-13)12(18)9-7-10(14)16-11(15)8-9/h7-8,19H,2-6H2,1H3. The smallest absolute Gasteiger partial charge is 0.254 e. The summed E-state index contributed by atoms with van der Waals surface area (Å²) in [4.78, 5) is 17.9.